The number of rotatable bonds is 10. The Labute approximate surface area is 128 Å². The van der Waals surface area contributed by atoms with Crippen LogP contribution in [0.15, 0.2) is 6.07 Å². The summed E-state index contributed by atoms with van der Waals surface area (Å²) in [4.78, 5) is 11.5. The molecular formula is C16H28N4O. The topological polar surface area (TPSA) is 50.3 Å². The summed E-state index contributed by atoms with van der Waals surface area (Å²) in [5.41, 5.74) is 0. The third-order valence-electron chi connectivity index (χ3n) is 3.77. The van der Waals surface area contributed by atoms with Crippen LogP contribution in [0.1, 0.15) is 51.8 Å². The lowest BCUT2D eigenvalue weighted by atomic mass is 10.3. The van der Waals surface area contributed by atoms with Gasteiger partial charge in [0.2, 0.25) is 5.88 Å². The minimum absolute atomic E-state index is 0.540. The van der Waals surface area contributed by atoms with Gasteiger partial charge in [-0.05, 0) is 32.4 Å². The molecule has 1 N–H and O–H groups in total. The normalized spacial score (nSPS) is 14.5. The van der Waals surface area contributed by atoms with Gasteiger partial charge in [-0.2, -0.15) is 4.98 Å². The van der Waals surface area contributed by atoms with E-state index in [1.807, 2.05) is 6.07 Å². The Morgan fingerprint density at radius 2 is 2.00 bits per heavy atom. The first-order valence-corrected chi connectivity index (χ1v) is 8.24. The zero-order valence-electron chi connectivity index (χ0n) is 13.6. The fraction of sp³-hybridized carbons (Fsp3) is 0.750. The number of aromatic nitrogens is 2. The van der Waals surface area contributed by atoms with Gasteiger partial charge in [0.05, 0.1) is 0 Å². The van der Waals surface area contributed by atoms with Crippen LogP contribution in [0.25, 0.3) is 0 Å². The summed E-state index contributed by atoms with van der Waals surface area (Å²) in [5.74, 6) is 3.08. The molecule has 0 radical (unpaired) electrons. The smallest absolute Gasteiger partial charge is 0.218 e. The molecule has 0 spiro atoms. The molecule has 0 amide bonds. The molecule has 1 fully saturated rings. The predicted octanol–water partition coefficient (Wildman–Crippen LogP) is 2.90. The van der Waals surface area contributed by atoms with Crippen molar-refractivity contribution in [2.24, 2.45) is 0 Å². The van der Waals surface area contributed by atoms with E-state index in [2.05, 4.69) is 41.0 Å². The summed E-state index contributed by atoms with van der Waals surface area (Å²) in [6, 6.07) is 1.92. The molecule has 0 aliphatic heterocycles. The Kier molecular flexibility index (Phi) is 6.23. The van der Waals surface area contributed by atoms with Crippen molar-refractivity contribution < 1.29 is 4.74 Å². The highest BCUT2D eigenvalue weighted by Gasteiger charge is 2.27. The average Bonchev–Trinajstić information content (AvgIpc) is 3.34. The minimum atomic E-state index is 0.540. The highest BCUT2D eigenvalue weighted by molar-refractivity contribution is 5.39. The van der Waals surface area contributed by atoms with Crippen LogP contribution in [0.2, 0.25) is 0 Å². The molecule has 1 saturated carbocycles. The highest BCUT2D eigenvalue weighted by atomic mass is 16.5. The van der Waals surface area contributed by atoms with Crippen LogP contribution in [-0.2, 0) is 0 Å². The molecule has 0 atom stereocenters. The molecule has 1 aliphatic carbocycles. The molecule has 1 heterocycles. The number of hydrogen-bond donors (Lipinski definition) is 1. The molecule has 5 heteroatoms. The Hall–Kier alpha value is -1.36. The molecule has 0 bridgehead atoms. The minimum Gasteiger partial charge on any atom is -0.476 e. The second kappa shape index (κ2) is 8.17. The number of nitrogens with one attached hydrogen (secondary N) is 1. The van der Waals surface area contributed by atoms with Crippen LogP contribution >= 0.6 is 0 Å². The second-order valence-electron chi connectivity index (χ2n) is 5.53. The van der Waals surface area contributed by atoms with Crippen LogP contribution in [0, 0.1) is 0 Å². The van der Waals surface area contributed by atoms with Gasteiger partial charge < -0.3 is 15.0 Å². The Balaban J connectivity index is 1.95. The van der Waals surface area contributed by atoms with Crippen molar-refractivity contribution in [3.63, 3.8) is 0 Å². The van der Waals surface area contributed by atoms with Crippen LogP contribution in [-0.4, -0.2) is 47.7 Å². The Bertz CT molecular complexity index is 430. The molecule has 21 heavy (non-hydrogen) atoms. The lowest BCUT2D eigenvalue weighted by Gasteiger charge is -2.18. The summed E-state index contributed by atoms with van der Waals surface area (Å²) < 4.78 is 5.85. The molecule has 1 aliphatic rings. The van der Waals surface area contributed by atoms with Crippen molar-refractivity contribution in [3.05, 3.63) is 11.9 Å². The van der Waals surface area contributed by atoms with Gasteiger partial charge in [0, 0.05) is 25.1 Å². The number of nitrogens with zero attached hydrogens (tertiary/aromatic N) is 3. The van der Waals surface area contributed by atoms with E-state index >= 15 is 0 Å². The first kappa shape index (κ1) is 16.0. The zero-order chi connectivity index (χ0) is 15.1. The molecule has 0 unspecified atom stereocenters. The fourth-order valence-electron chi connectivity index (χ4n) is 2.20. The summed E-state index contributed by atoms with van der Waals surface area (Å²) in [7, 11) is 0. The summed E-state index contributed by atoms with van der Waals surface area (Å²) in [6.07, 6.45) is 3.49. The van der Waals surface area contributed by atoms with Crippen LogP contribution in [0.5, 0.6) is 5.88 Å². The molecule has 0 aromatic carbocycles. The monoisotopic (exact) mass is 292 g/mol. The average molecular weight is 292 g/mol. The van der Waals surface area contributed by atoms with Gasteiger partial charge in [0.25, 0.3) is 0 Å². The largest absolute Gasteiger partial charge is 0.476 e. The lowest BCUT2D eigenvalue weighted by molar-refractivity contribution is 0.217. The van der Waals surface area contributed by atoms with Crippen molar-refractivity contribution in [1.29, 1.82) is 0 Å². The first-order chi connectivity index (χ1) is 10.3. The van der Waals surface area contributed by atoms with E-state index in [1.54, 1.807) is 0 Å². The SMILES string of the molecule is CCCNc1cc(OCCN(CC)CC)nc(C2CC2)n1. The van der Waals surface area contributed by atoms with E-state index < -0.39 is 0 Å². The van der Waals surface area contributed by atoms with E-state index in [0.717, 1.165) is 44.2 Å². The standard InChI is InChI=1S/C16H28N4O/c1-4-9-17-14-12-15(19-16(18-14)13-7-8-13)21-11-10-20(5-2)6-3/h12-13H,4-11H2,1-3H3,(H,17,18,19). The zero-order valence-corrected chi connectivity index (χ0v) is 13.6. The van der Waals surface area contributed by atoms with Gasteiger partial charge in [-0.3, -0.25) is 0 Å². The number of likely N-dealkylation sites (N-methyl/N-ethyl adjacent to an activating group) is 1. The van der Waals surface area contributed by atoms with E-state index in [4.69, 9.17) is 4.74 Å². The molecule has 118 valence electrons. The van der Waals surface area contributed by atoms with Crippen LogP contribution < -0.4 is 10.1 Å². The maximum atomic E-state index is 5.85. The van der Waals surface area contributed by atoms with Crippen molar-refractivity contribution in [2.75, 3.05) is 38.1 Å². The number of anilines is 1. The van der Waals surface area contributed by atoms with E-state index in [1.165, 1.54) is 12.8 Å². The summed E-state index contributed by atoms with van der Waals surface area (Å²) in [6.45, 7) is 11.2. The van der Waals surface area contributed by atoms with Gasteiger partial charge in [-0.25, -0.2) is 4.98 Å². The fourth-order valence-corrected chi connectivity index (χ4v) is 2.20. The third kappa shape index (κ3) is 5.16. The van der Waals surface area contributed by atoms with Gasteiger partial charge in [0.1, 0.15) is 18.2 Å². The van der Waals surface area contributed by atoms with Gasteiger partial charge >= 0.3 is 0 Å². The maximum absolute atomic E-state index is 5.85. The van der Waals surface area contributed by atoms with Crippen molar-refractivity contribution in [1.82, 2.24) is 14.9 Å². The molecule has 5 nitrogen and oxygen atoms in total. The van der Waals surface area contributed by atoms with Gasteiger partial charge in [0.15, 0.2) is 0 Å². The Morgan fingerprint density at radius 1 is 1.24 bits per heavy atom. The highest BCUT2D eigenvalue weighted by Crippen LogP contribution is 2.39. The quantitative estimate of drug-likeness (QED) is 0.718. The van der Waals surface area contributed by atoms with E-state index in [9.17, 15) is 0 Å². The molecule has 1 aromatic heterocycles. The van der Waals surface area contributed by atoms with Gasteiger partial charge in [-0.1, -0.05) is 20.8 Å². The molecule has 0 saturated heterocycles. The van der Waals surface area contributed by atoms with Crippen molar-refractivity contribution in [2.45, 2.75) is 46.0 Å². The Morgan fingerprint density at radius 3 is 2.62 bits per heavy atom. The second-order valence-corrected chi connectivity index (χ2v) is 5.53. The number of ether oxygens (including phenoxy) is 1. The van der Waals surface area contributed by atoms with Crippen LogP contribution in [0.4, 0.5) is 5.82 Å². The summed E-state index contributed by atoms with van der Waals surface area (Å²) >= 11 is 0. The first-order valence-electron chi connectivity index (χ1n) is 8.24. The van der Waals surface area contributed by atoms with E-state index in [0.29, 0.717) is 18.4 Å². The lowest BCUT2D eigenvalue weighted by Crippen LogP contribution is -2.28. The van der Waals surface area contributed by atoms with Gasteiger partial charge in [-0.15, -0.1) is 0 Å². The predicted molar refractivity (Wildman–Crippen MR) is 86.1 cm³/mol. The van der Waals surface area contributed by atoms with E-state index in [-0.39, 0.29) is 0 Å². The molecular weight excluding hydrogens is 264 g/mol. The van der Waals surface area contributed by atoms with Crippen LogP contribution in [0.3, 0.4) is 0 Å². The van der Waals surface area contributed by atoms with Crippen molar-refractivity contribution >= 4 is 5.82 Å². The summed E-state index contributed by atoms with van der Waals surface area (Å²) in [5, 5.41) is 3.34. The maximum Gasteiger partial charge on any atom is 0.218 e. The molecule has 1 aromatic rings. The third-order valence-corrected chi connectivity index (χ3v) is 3.77. The molecule has 2 rings (SSSR count). The van der Waals surface area contributed by atoms with Crippen molar-refractivity contribution in [3.8, 4) is 5.88 Å². The number of hydrogen-bond acceptors (Lipinski definition) is 5.